The summed E-state index contributed by atoms with van der Waals surface area (Å²) in [6, 6.07) is 0.0657. The summed E-state index contributed by atoms with van der Waals surface area (Å²) in [5.74, 6) is -0.386. The van der Waals surface area contributed by atoms with Gasteiger partial charge in [0.2, 0.25) is 5.91 Å². The van der Waals surface area contributed by atoms with E-state index in [4.69, 9.17) is 5.11 Å². The summed E-state index contributed by atoms with van der Waals surface area (Å²) in [5.41, 5.74) is 0. The molecule has 98 valence electrons. The van der Waals surface area contributed by atoms with Gasteiger partial charge in [0.15, 0.2) is 0 Å². The first kappa shape index (κ1) is 14.0. The van der Waals surface area contributed by atoms with Crippen molar-refractivity contribution in [2.24, 2.45) is 5.92 Å². The van der Waals surface area contributed by atoms with Gasteiger partial charge in [0.1, 0.15) is 0 Å². The predicted octanol–water partition coefficient (Wildman–Crippen LogP) is 0.698. The maximum absolute atomic E-state index is 11.5. The van der Waals surface area contributed by atoms with E-state index >= 15 is 0 Å². The van der Waals surface area contributed by atoms with Crippen LogP contribution in [0.2, 0.25) is 0 Å². The van der Waals surface area contributed by atoms with E-state index in [-0.39, 0.29) is 18.5 Å². The van der Waals surface area contributed by atoms with Gasteiger partial charge in [0.25, 0.3) is 0 Å². The lowest BCUT2D eigenvalue weighted by atomic mass is 10.1. The lowest BCUT2D eigenvalue weighted by molar-refractivity contribution is -0.139. The molecular weight excluding hydrogens is 220 g/mol. The summed E-state index contributed by atoms with van der Waals surface area (Å²) in [5, 5.41) is 11.7. The van der Waals surface area contributed by atoms with Crippen LogP contribution in [0.25, 0.3) is 0 Å². The number of nitrogens with zero attached hydrogens (tertiary/aromatic N) is 1. The monoisotopic (exact) mass is 242 g/mol. The molecule has 1 saturated heterocycles. The number of rotatable bonds is 5. The van der Waals surface area contributed by atoms with Gasteiger partial charge >= 0.3 is 5.97 Å². The van der Waals surface area contributed by atoms with E-state index in [0.29, 0.717) is 18.9 Å². The molecule has 1 heterocycles. The van der Waals surface area contributed by atoms with Gasteiger partial charge in [0, 0.05) is 25.6 Å². The molecule has 0 aromatic carbocycles. The highest BCUT2D eigenvalue weighted by molar-refractivity contribution is 5.77. The van der Waals surface area contributed by atoms with Crippen molar-refractivity contribution < 1.29 is 14.7 Å². The first-order valence-corrected chi connectivity index (χ1v) is 6.21. The Hall–Kier alpha value is -1.10. The van der Waals surface area contributed by atoms with Crippen LogP contribution in [0.4, 0.5) is 0 Å². The molecule has 5 nitrogen and oxygen atoms in total. The van der Waals surface area contributed by atoms with Crippen molar-refractivity contribution in [1.82, 2.24) is 10.2 Å². The average Bonchev–Trinajstić information content (AvgIpc) is 2.40. The number of carboxylic acids is 1. The Morgan fingerprint density at radius 1 is 1.59 bits per heavy atom. The molecule has 1 unspecified atom stereocenters. The van der Waals surface area contributed by atoms with E-state index < -0.39 is 5.97 Å². The zero-order valence-electron chi connectivity index (χ0n) is 10.6. The zero-order chi connectivity index (χ0) is 12.8. The van der Waals surface area contributed by atoms with Gasteiger partial charge < -0.3 is 10.4 Å². The van der Waals surface area contributed by atoms with Gasteiger partial charge in [-0.05, 0) is 18.8 Å². The molecule has 0 spiro atoms. The summed E-state index contributed by atoms with van der Waals surface area (Å²) in [4.78, 5) is 24.3. The molecule has 2 N–H and O–H groups in total. The van der Waals surface area contributed by atoms with E-state index in [9.17, 15) is 9.59 Å². The van der Waals surface area contributed by atoms with E-state index in [1.165, 1.54) is 0 Å². The minimum Gasteiger partial charge on any atom is -0.480 e. The molecular formula is C12H22N2O3. The third kappa shape index (κ3) is 5.17. The van der Waals surface area contributed by atoms with Crippen LogP contribution < -0.4 is 5.32 Å². The largest absolute Gasteiger partial charge is 0.480 e. The normalized spacial score (nSPS) is 21.4. The number of carbonyl (C=O) groups excluding carboxylic acids is 1. The highest BCUT2D eigenvalue weighted by atomic mass is 16.4. The van der Waals surface area contributed by atoms with Gasteiger partial charge in [-0.1, -0.05) is 13.8 Å². The number of hydrogen-bond donors (Lipinski definition) is 2. The van der Waals surface area contributed by atoms with Crippen LogP contribution in [0.15, 0.2) is 0 Å². The van der Waals surface area contributed by atoms with E-state index in [0.717, 1.165) is 19.4 Å². The quantitative estimate of drug-likeness (QED) is 0.744. The van der Waals surface area contributed by atoms with Crippen LogP contribution in [0.5, 0.6) is 0 Å². The van der Waals surface area contributed by atoms with Crippen LogP contribution >= 0.6 is 0 Å². The fourth-order valence-corrected chi connectivity index (χ4v) is 2.25. The third-order valence-corrected chi connectivity index (χ3v) is 2.91. The molecule has 0 aromatic heterocycles. The Morgan fingerprint density at radius 2 is 2.29 bits per heavy atom. The fourth-order valence-electron chi connectivity index (χ4n) is 2.25. The number of hydrogen-bond acceptors (Lipinski definition) is 3. The molecule has 0 aliphatic carbocycles. The van der Waals surface area contributed by atoms with Gasteiger partial charge in [0.05, 0.1) is 6.54 Å². The van der Waals surface area contributed by atoms with Crippen LogP contribution in [-0.2, 0) is 9.59 Å². The topological polar surface area (TPSA) is 69.6 Å². The van der Waals surface area contributed by atoms with Crippen LogP contribution in [0, 0.1) is 5.92 Å². The summed E-state index contributed by atoms with van der Waals surface area (Å²) in [7, 11) is 0. The minimum atomic E-state index is -0.824. The minimum absolute atomic E-state index is 0.0239. The molecule has 1 fully saturated rings. The van der Waals surface area contributed by atoms with E-state index in [1.807, 2.05) is 4.90 Å². The molecule has 0 saturated carbocycles. The van der Waals surface area contributed by atoms with E-state index in [2.05, 4.69) is 19.2 Å². The fraction of sp³-hybridized carbons (Fsp3) is 0.833. The number of aliphatic carboxylic acids is 1. The number of nitrogens with one attached hydrogen (secondary N) is 1. The Labute approximate surface area is 102 Å². The van der Waals surface area contributed by atoms with Crippen molar-refractivity contribution in [3.05, 3.63) is 0 Å². The molecule has 0 bridgehead atoms. The lowest BCUT2D eigenvalue weighted by Gasteiger charge is -2.30. The molecule has 17 heavy (non-hydrogen) atoms. The summed E-state index contributed by atoms with van der Waals surface area (Å²) < 4.78 is 0. The van der Waals surface area contributed by atoms with Crippen molar-refractivity contribution >= 4 is 11.9 Å². The van der Waals surface area contributed by atoms with Crippen LogP contribution in [-0.4, -0.2) is 47.6 Å². The van der Waals surface area contributed by atoms with Gasteiger partial charge in [-0.3, -0.25) is 14.5 Å². The number of amides is 1. The molecule has 1 atom stereocenters. The van der Waals surface area contributed by atoms with Gasteiger partial charge in [-0.25, -0.2) is 0 Å². The summed E-state index contributed by atoms with van der Waals surface area (Å²) in [6.45, 7) is 5.58. The van der Waals surface area contributed by atoms with Crippen LogP contribution in [0.3, 0.4) is 0 Å². The lowest BCUT2D eigenvalue weighted by Crippen LogP contribution is -2.42. The summed E-state index contributed by atoms with van der Waals surface area (Å²) >= 11 is 0. The highest BCUT2D eigenvalue weighted by Crippen LogP contribution is 2.15. The molecule has 1 aliphatic rings. The number of carbonyl (C=O) groups is 2. The highest BCUT2D eigenvalue weighted by Gasteiger charge is 2.25. The molecule has 1 amide bonds. The Balaban J connectivity index is 2.65. The number of carboxylic acid groups (broad SMARTS) is 1. The molecule has 5 heteroatoms. The van der Waals surface area contributed by atoms with Crippen molar-refractivity contribution in [2.45, 2.75) is 39.2 Å². The second-order valence-electron chi connectivity index (χ2n) is 5.07. The van der Waals surface area contributed by atoms with Crippen molar-refractivity contribution in [3.63, 3.8) is 0 Å². The zero-order valence-corrected chi connectivity index (χ0v) is 10.6. The van der Waals surface area contributed by atoms with Crippen molar-refractivity contribution in [3.8, 4) is 0 Å². The Morgan fingerprint density at radius 3 is 2.88 bits per heavy atom. The Bertz CT molecular complexity index is 279. The van der Waals surface area contributed by atoms with Gasteiger partial charge in [-0.15, -0.1) is 0 Å². The second-order valence-corrected chi connectivity index (χ2v) is 5.07. The molecule has 1 aliphatic heterocycles. The molecule has 0 aromatic rings. The SMILES string of the molecule is CC(C)CN(CC(=O)O)C1CCCNC(=O)C1. The first-order chi connectivity index (χ1) is 7.99. The maximum Gasteiger partial charge on any atom is 0.317 e. The van der Waals surface area contributed by atoms with Crippen molar-refractivity contribution in [2.75, 3.05) is 19.6 Å². The average molecular weight is 242 g/mol. The first-order valence-electron chi connectivity index (χ1n) is 6.21. The molecule has 1 rings (SSSR count). The van der Waals surface area contributed by atoms with E-state index in [1.54, 1.807) is 0 Å². The summed E-state index contributed by atoms with van der Waals surface area (Å²) in [6.07, 6.45) is 2.23. The third-order valence-electron chi connectivity index (χ3n) is 2.91. The van der Waals surface area contributed by atoms with Gasteiger partial charge in [-0.2, -0.15) is 0 Å². The Kier molecular flexibility index (Phi) is 5.41. The standard InChI is InChI=1S/C12H22N2O3/c1-9(2)7-14(8-12(16)17)10-4-3-5-13-11(15)6-10/h9-10H,3-8H2,1-2H3,(H,13,15)(H,16,17). The molecule has 0 radical (unpaired) electrons. The smallest absolute Gasteiger partial charge is 0.317 e. The maximum atomic E-state index is 11.5. The van der Waals surface area contributed by atoms with Crippen molar-refractivity contribution in [1.29, 1.82) is 0 Å². The second kappa shape index (κ2) is 6.59. The predicted molar refractivity (Wildman–Crippen MR) is 64.7 cm³/mol. The van der Waals surface area contributed by atoms with Crippen LogP contribution in [0.1, 0.15) is 33.1 Å².